The maximum atomic E-state index is 12.4. The lowest BCUT2D eigenvalue weighted by atomic mass is 9.76. The van der Waals surface area contributed by atoms with Crippen LogP contribution in [0.2, 0.25) is 0 Å². The van der Waals surface area contributed by atoms with Crippen molar-refractivity contribution in [1.82, 2.24) is 10.0 Å². The Hall–Kier alpha value is -0.430. The molecular weight excluding hydrogens is 304 g/mol. The van der Waals surface area contributed by atoms with Gasteiger partial charge in [-0.2, -0.15) is 0 Å². The minimum atomic E-state index is -3.36. The first-order valence-electron chi connectivity index (χ1n) is 7.63. The molecule has 0 saturated heterocycles. The minimum Gasteiger partial charge on any atom is -0.313 e. The zero-order valence-electron chi connectivity index (χ0n) is 13.1. The van der Waals surface area contributed by atoms with E-state index in [1.807, 2.05) is 12.3 Å². The van der Waals surface area contributed by atoms with E-state index < -0.39 is 10.0 Å². The average molecular weight is 331 g/mol. The molecule has 1 aromatic heterocycles. The van der Waals surface area contributed by atoms with Crippen molar-refractivity contribution < 1.29 is 8.42 Å². The highest BCUT2D eigenvalue weighted by atomic mass is 32.2. The van der Waals surface area contributed by atoms with E-state index in [4.69, 9.17) is 0 Å². The van der Waals surface area contributed by atoms with E-state index in [-0.39, 0.29) is 6.04 Å². The second-order valence-corrected chi connectivity index (χ2v) is 9.47. The summed E-state index contributed by atoms with van der Waals surface area (Å²) in [6.07, 6.45) is 4.02. The van der Waals surface area contributed by atoms with Gasteiger partial charge < -0.3 is 5.32 Å². The number of thiophene rings is 1. The maximum absolute atomic E-state index is 12.4. The SMILES string of the molecule is CCNCc1csc(S(=O)(=O)NC2CCC(C)(C)CC2)c1. The normalized spacial score (nSPS) is 19.8. The van der Waals surface area contributed by atoms with Gasteiger partial charge in [-0.3, -0.25) is 0 Å². The van der Waals surface area contributed by atoms with E-state index in [0.717, 1.165) is 44.3 Å². The molecule has 6 heteroatoms. The summed E-state index contributed by atoms with van der Waals surface area (Å²) in [6.45, 7) is 8.15. The van der Waals surface area contributed by atoms with Crippen LogP contribution in [0.1, 0.15) is 52.0 Å². The van der Waals surface area contributed by atoms with Crippen LogP contribution in [0.15, 0.2) is 15.7 Å². The van der Waals surface area contributed by atoms with Gasteiger partial charge in [-0.15, -0.1) is 11.3 Å². The van der Waals surface area contributed by atoms with Gasteiger partial charge in [-0.25, -0.2) is 13.1 Å². The molecule has 0 amide bonds. The van der Waals surface area contributed by atoms with Crippen LogP contribution in [-0.4, -0.2) is 21.0 Å². The van der Waals surface area contributed by atoms with Crippen molar-refractivity contribution in [2.45, 2.75) is 63.3 Å². The van der Waals surface area contributed by atoms with Crippen molar-refractivity contribution in [3.05, 3.63) is 17.0 Å². The molecule has 0 radical (unpaired) electrons. The summed E-state index contributed by atoms with van der Waals surface area (Å²) in [4.78, 5) is 0. The molecule has 0 aromatic carbocycles. The monoisotopic (exact) mass is 330 g/mol. The summed E-state index contributed by atoms with van der Waals surface area (Å²) < 4.78 is 28.2. The summed E-state index contributed by atoms with van der Waals surface area (Å²) in [5.74, 6) is 0. The first-order chi connectivity index (χ1) is 9.82. The van der Waals surface area contributed by atoms with Crippen molar-refractivity contribution in [1.29, 1.82) is 0 Å². The molecule has 0 aliphatic heterocycles. The van der Waals surface area contributed by atoms with Crippen molar-refractivity contribution in [2.24, 2.45) is 5.41 Å². The van der Waals surface area contributed by atoms with Gasteiger partial charge in [0.25, 0.3) is 0 Å². The molecule has 0 bridgehead atoms. The molecule has 1 aliphatic carbocycles. The van der Waals surface area contributed by atoms with E-state index in [1.54, 1.807) is 6.07 Å². The molecule has 120 valence electrons. The van der Waals surface area contributed by atoms with Gasteiger partial charge in [-0.1, -0.05) is 20.8 Å². The van der Waals surface area contributed by atoms with Gasteiger partial charge in [0.05, 0.1) is 0 Å². The highest BCUT2D eigenvalue weighted by Gasteiger charge is 2.30. The van der Waals surface area contributed by atoms with Crippen molar-refractivity contribution in [2.75, 3.05) is 6.54 Å². The number of hydrogen-bond donors (Lipinski definition) is 2. The molecular formula is C15H26N2O2S2. The zero-order valence-corrected chi connectivity index (χ0v) is 14.7. The van der Waals surface area contributed by atoms with Crippen LogP contribution in [0.5, 0.6) is 0 Å². The van der Waals surface area contributed by atoms with Crippen molar-refractivity contribution >= 4 is 21.4 Å². The van der Waals surface area contributed by atoms with Gasteiger partial charge in [0, 0.05) is 12.6 Å². The minimum absolute atomic E-state index is 0.0855. The molecule has 1 heterocycles. The predicted octanol–water partition coefficient (Wildman–Crippen LogP) is 3.10. The lowest BCUT2D eigenvalue weighted by molar-refractivity contribution is 0.218. The largest absolute Gasteiger partial charge is 0.313 e. The fourth-order valence-corrected chi connectivity index (χ4v) is 5.18. The van der Waals surface area contributed by atoms with Crippen LogP contribution in [0.3, 0.4) is 0 Å². The number of nitrogens with one attached hydrogen (secondary N) is 2. The van der Waals surface area contributed by atoms with Crippen LogP contribution in [0, 0.1) is 5.41 Å². The van der Waals surface area contributed by atoms with Crippen LogP contribution < -0.4 is 10.0 Å². The molecule has 2 N–H and O–H groups in total. The lowest BCUT2D eigenvalue weighted by Gasteiger charge is -2.34. The van der Waals surface area contributed by atoms with E-state index in [9.17, 15) is 8.42 Å². The van der Waals surface area contributed by atoms with Crippen molar-refractivity contribution in [3.8, 4) is 0 Å². The van der Waals surface area contributed by atoms with E-state index >= 15 is 0 Å². The van der Waals surface area contributed by atoms with E-state index in [0.29, 0.717) is 9.62 Å². The standard InChI is InChI=1S/C15H26N2O2S2/c1-4-16-10-12-9-14(20-11-12)21(18,19)17-13-5-7-15(2,3)8-6-13/h9,11,13,16-17H,4-8,10H2,1-3H3. The molecule has 1 saturated carbocycles. The molecule has 1 aromatic rings. The summed E-state index contributed by atoms with van der Waals surface area (Å²) in [5, 5.41) is 5.13. The predicted molar refractivity (Wildman–Crippen MR) is 88.1 cm³/mol. The molecule has 0 atom stereocenters. The van der Waals surface area contributed by atoms with Gasteiger partial charge >= 0.3 is 0 Å². The van der Waals surface area contributed by atoms with Gasteiger partial charge in [0.15, 0.2) is 0 Å². The second kappa shape index (κ2) is 6.77. The quantitative estimate of drug-likeness (QED) is 0.842. The topological polar surface area (TPSA) is 58.2 Å². The smallest absolute Gasteiger partial charge is 0.250 e. The lowest BCUT2D eigenvalue weighted by Crippen LogP contribution is -2.38. The van der Waals surface area contributed by atoms with Gasteiger partial charge in [0.2, 0.25) is 10.0 Å². The number of hydrogen-bond acceptors (Lipinski definition) is 4. The third kappa shape index (κ3) is 4.77. The Labute approximate surface area is 132 Å². The van der Waals surface area contributed by atoms with Gasteiger partial charge in [0.1, 0.15) is 4.21 Å². The summed E-state index contributed by atoms with van der Waals surface area (Å²) in [6, 6.07) is 1.87. The van der Waals surface area contributed by atoms with Crippen LogP contribution in [-0.2, 0) is 16.6 Å². The Kier molecular flexibility index (Phi) is 5.46. The first-order valence-corrected chi connectivity index (χ1v) is 9.99. The Bertz CT molecular complexity index is 554. The van der Waals surface area contributed by atoms with Crippen molar-refractivity contribution in [3.63, 3.8) is 0 Å². The molecule has 0 spiro atoms. The molecule has 21 heavy (non-hydrogen) atoms. The van der Waals surface area contributed by atoms with Crippen LogP contribution in [0.25, 0.3) is 0 Å². The Morgan fingerprint density at radius 1 is 1.33 bits per heavy atom. The zero-order chi connectivity index (χ0) is 15.5. The van der Waals surface area contributed by atoms with E-state index in [1.165, 1.54) is 11.3 Å². The molecule has 0 unspecified atom stereocenters. The fraction of sp³-hybridized carbons (Fsp3) is 0.733. The van der Waals surface area contributed by atoms with Gasteiger partial charge in [-0.05, 0) is 54.7 Å². The first kappa shape index (κ1) is 16.9. The summed E-state index contributed by atoms with van der Waals surface area (Å²) >= 11 is 1.30. The highest BCUT2D eigenvalue weighted by Crippen LogP contribution is 2.35. The Balaban J connectivity index is 1.97. The molecule has 2 rings (SSSR count). The maximum Gasteiger partial charge on any atom is 0.250 e. The van der Waals surface area contributed by atoms with Crippen LogP contribution >= 0.6 is 11.3 Å². The number of rotatable bonds is 6. The molecule has 1 aliphatic rings. The summed E-state index contributed by atoms with van der Waals surface area (Å²) in [7, 11) is -3.36. The average Bonchev–Trinajstić information content (AvgIpc) is 2.88. The van der Waals surface area contributed by atoms with Crippen LogP contribution in [0.4, 0.5) is 0 Å². The third-order valence-corrected chi connectivity index (χ3v) is 7.14. The highest BCUT2D eigenvalue weighted by molar-refractivity contribution is 7.91. The second-order valence-electron chi connectivity index (χ2n) is 6.61. The van der Waals surface area contributed by atoms with E-state index in [2.05, 4.69) is 23.9 Å². The number of sulfonamides is 1. The Morgan fingerprint density at radius 3 is 2.62 bits per heavy atom. The third-order valence-electron chi connectivity index (χ3n) is 4.13. The summed E-state index contributed by atoms with van der Waals surface area (Å²) in [5.41, 5.74) is 1.39. The Morgan fingerprint density at radius 2 is 2.00 bits per heavy atom. The fourth-order valence-electron chi connectivity index (χ4n) is 2.65. The molecule has 4 nitrogen and oxygen atoms in total. The molecule has 1 fully saturated rings.